The van der Waals surface area contributed by atoms with E-state index in [4.69, 9.17) is 19.7 Å². The van der Waals surface area contributed by atoms with E-state index in [0.717, 1.165) is 0 Å². The van der Waals surface area contributed by atoms with Crippen LogP contribution in [0.4, 0.5) is 0 Å². The number of nitrogens with zero attached hydrogens (tertiary/aromatic N) is 4. The summed E-state index contributed by atoms with van der Waals surface area (Å²) in [4.78, 5) is 0. The van der Waals surface area contributed by atoms with Crippen LogP contribution in [0.25, 0.3) is 10.2 Å². The van der Waals surface area contributed by atoms with Crippen molar-refractivity contribution in [3.8, 4) is 0 Å². The maximum absolute atomic E-state index is 5.31. The van der Waals surface area contributed by atoms with E-state index in [1.807, 2.05) is 36.4 Å². The SMILES string of the molecule is CC(C)(C)N=P([N-]C(C)(C)C)(c1ccccc1)c1ccccc1.CC(C)(C)N=P([N-]C(C)(C)C)(c1ccccc1)c1ccccc1.Cc1ccccc1.Cc1ccccc1.[Al+3].[Al+3].[Al+3].[Al+3].[CH3-].[CH3-].[CH3-].[CH3-].[CH3-].[CH3-].[CH3-].[CH3-].[CH3-].[CH3-].[CH3-].[CH3-].[Cl-].[Cl-].[Cr+4]. The summed E-state index contributed by atoms with van der Waals surface area (Å²) in [6, 6.07) is 62.8. The van der Waals surface area contributed by atoms with Crippen LogP contribution in [0.1, 0.15) is 94.2 Å². The molecule has 0 heterocycles. The predicted octanol–water partition coefficient (Wildman–Crippen LogP) is 13.3. The zero-order valence-electron chi connectivity index (χ0n) is 54.5. The molecule has 434 valence electrons. The van der Waals surface area contributed by atoms with Gasteiger partial charge in [-0.25, -0.2) is 0 Å². The Bertz CT molecular complexity index is 1990. The van der Waals surface area contributed by atoms with Gasteiger partial charge in [0.25, 0.3) is 0 Å². The third-order valence-electron chi connectivity index (χ3n) is 8.12. The van der Waals surface area contributed by atoms with Crippen LogP contribution >= 0.6 is 14.4 Å². The Hall–Kier alpha value is -1.06. The van der Waals surface area contributed by atoms with Crippen molar-refractivity contribution >= 4 is 105 Å². The summed E-state index contributed by atoms with van der Waals surface area (Å²) >= 11 is 0. The Labute approximate surface area is 563 Å². The van der Waals surface area contributed by atoms with Crippen molar-refractivity contribution in [2.45, 2.75) is 119 Å². The van der Waals surface area contributed by atoms with Gasteiger partial charge in [0.15, 0.2) is 0 Å². The van der Waals surface area contributed by atoms with E-state index in [2.05, 4.69) is 243 Å². The van der Waals surface area contributed by atoms with Crippen LogP contribution in [-0.2, 0) is 17.4 Å². The van der Waals surface area contributed by atoms with E-state index < -0.39 is 14.4 Å². The van der Waals surface area contributed by atoms with Crippen LogP contribution in [0, 0.1) is 103 Å². The van der Waals surface area contributed by atoms with E-state index in [1.165, 1.54) is 32.3 Å². The Morgan fingerprint density at radius 3 is 0.519 bits per heavy atom. The molecular weight excluding hydrogens is 1140 g/mol. The normalized spacial score (nSPS) is 9.09. The first-order chi connectivity index (χ1) is 28.0. The van der Waals surface area contributed by atoms with E-state index in [0.29, 0.717) is 0 Å². The van der Waals surface area contributed by atoms with Crippen molar-refractivity contribution < 1.29 is 42.2 Å². The maximum atomic E-state index is 5.31. The number of halogens is 2. The van der Waals surface area contributed by atoms with Crippen LogP contribution in [0.2, 0.25) is 0 Å². The topological polar surface area (TPSA) is 52.9 Å². The van der Waals surface area contributed by atoms with Crippen LogP contribution in [0.15, 0.2) is 191 Å². The zero-order valence-corrected chi connectivity index (χ0v) is 63.7. The van der Waals surface area contributed by atoms with Crippen molar-refractivity contribution in [2.24, 2.45) is 9.49 Å². The second-order valence-corrected chi connectivity index (χ2v) is 24.2. The zero-order chi connectivity index (χ0) is 44.5. The Kier molecular flexibility index (Phi) is 92.3. The summed E-state index contributed by atoms with van der Waals surface area (Å²) in [6.45, 7) is 30.1. The average molecular weight is 1250 g/mol. The quantitative estimate of drug-likeness (QED) is 0.0907. The second kappa shape index (κ2) is 58.7. The van der Waals surface area contributed by atoms with Gasteiger partial charge in [0.1, 0.15) is 0 Å². The molecule has 6 aromatic rings. The van der Waals surface area contributed by atoms with Gasteiger partial charge in [0.2, 0.25) is 0 Å². The monoisotopic (exact) mass is 1250 g/mol. The van der Waals surface area contributed by atoms with E-state index >= 15 is 0 Å². The Morgan fingerprint density at radius 2 is 0.418 bits per heavy atom. The van der Waals surface area contributed by atoms with Crippen LogP contribution in [-0.4, -0.2) is 91.6 Å². The smallest absolute Gasteiger partial charge is 1.00 e. The van der Waals surface area contributed by atoms with Crippen molar-refractivity contribution in [3.05, 3.63) is 292 Å². The molecule has 0 spiro atoms. The molecule has 79 heavy (non-hydrogen) atoms. The first kappa shape index (κ1) is 124. The van der Waals surface area contributed by atoms with Gasteiger partial charge in [0.05, 0.1) is 0 Å². The molecule has 0 aliphatic heterocycles. The van der Waals surface area contributed by atoms with Gasteiger partial charge < -0.3 is 134 Å². The van der Waals surface area contributed by atoms with E-state index in [9.17, 15) is 0 Å². The standard InChI is InChI=1S/2C20H28N2P.2C7H8.12CH3.4Al.2ClH.Cr/c2*1-19(2,3)21-23(22-20(4,5)6,17-13-9-7-10-14-17)18-15-11-8-12-16-18;2*1-7-5-3-2-4-6-7;;;;;;;;;;;;;;;;;;;/h2*7-16H,1-6H3;2*2-6H,1H3;12*1H3;;;;;2*1H;/q2*-1;;;12*-1;4*+3;;;+4/p-2. The molecule has 0 radical (unpaired) electrons. The number of hydrogen-bond donors (Lipinski definition) is 0. The molecule has 0 atom stereocenters. The third-order valence-corrected chi connectivity index (χ3v) is 15.8. The first-order valence-electron chi connectivity index (χ1n) is 21.1. The predicted molar refractivity (Wildman–Crippen MR) is 371 cm³/mol. The Morgan fingerprint density at radius 1 is 0.278 bits per heavy atom. The minimum Gasteiger partial charge on any atom is -1.00 e. The van der Waals surface area contributed by atoms with Crippen molar-refractivity contribution in [3.63, 3.8) is 0 Å². The number of benzene rings is 6. The summed E-state index contributed by atoms with van der Waals surface area (Å²) in [5.41, 5.74) is 2.01. The minimum atomic E-state index is -2.19. The van der Waals surface area contributed by atoms with Crippen molar-refractivity contribution in [1.82, 2.24) is 0 Å². The summed E-state index contributed by atoms with van der Waals surface area (Å²) in [7, 11) is -4.39. The molecule has 6 aromatic carbocycles. The van der Waals surface area contributed by atoms with Gasteiger partial charge in [-0.3, -0.25) is 0 Å². The summed E-state index contributed by atoms with van der Waals surface area (Å²) in [5, 5.41) is 15.5. The van der Waals surface area contributed by atoms with Crippen LogP contribution < -0.4 is 46.0 Å². The van der Waals surface area contributed by atoms with Gasteiger partial charge in [-0.1, -0.05) is 249 Å². The molecule has 0 N–H and O–H groups in total. The molecule has 0 bridgehead atoms. The molecule has 4 nitrogen and oxygen atoms in total. The fourth-order valence-electron chi connectivity index (χ4n) is 6.15. The summed E-state index contributed by atoms with van der Waals surface area (Å²) in [6.07, 6.45) is 0. The maximum Gasteiger partial charge on any atom is 4.00 e. The molecular formula is C66H108Al4Cl2CrN4P2. The molecule has 0 fully saturated rings. The molecule has 0 saturated heterocycles. The second-order valence-electron chi connectivity index (χ2n) is 18.9. The number of aryl methyl sites for hydroxylation is 2. The molecule has 0 unspecified atom stereocenters. The number of rotatable bonds is 6. The molecule has 0 amide bonds. The molecule has 0 aliphatic rings. The number of hydrogen-bond acceptors (Lipinski definition) is 2. The molecule has 0 saturated carbocycles. The minimum absolute atomic E-state index is 0. The first-order valence-corrected chi connectivity index (χ1v) is 24.4. The van der Waals surface area contributed by atoms with Gasteiger partial charge in [0, 0.05) is 11.1 Å². The molecule has 13 heteroatoms. The van der Waals surface area contributed by atoms with E-state index in [-0.39, 0.29) is 223 Å². The molecule has 0 aromatic heterocycles. The van der Waals surface area contributed by atoms with Gasteiger partial charge >= 0.3 is 86.8 Å². The van der Waals surface area contributed by atoms with Gasteiger partial charge in [-0.15, -0.1) is 11.1 Å². The van der Waals surface area contributed by atoms with Gasteiger partial charge in [-0.2, -0.15) is 0 Å². The van der Waals surface area contributed by atoms with Crippen molar-refractivity contribution in [1.29, 1.82) is 0 Å². The summed E-state index contributed by atoms with van der Waals surface area (Å²) < 4.78 is 10.6. The van der Waals surface area contributed by atoms with E-state index in [1.54, 1.807) is 0 Å². The molecule has 6 rings (SSSR count). The van der Waals surface area contributed by atoms with Crippen molar-refractivity contribution in [2.75, 3.05) is 0 Å². The summed E-state index contributed by atoms with van der Waals surface area (Å²) in [5.74, 6) is 0. The van der Waals surface area contributed by atoms with Crippen LogP contribution in [0.3, 0.4) is 0 Å². The molecule has 0 aliphatic carbocycles. The fraction of sp³-hybridized carbons (Fsp3) is 0.273. The fourth-order valence-corrected chi connectivity index (χ4v) is 13.6. The average Bonchev–Trinajstić information content (AvgIpc) is 3.18. The van der Waals surface area contributed by atoms with Crippen LogP contribution in [0.5, 0.6) is 0 Å². The Balaban J connectivity index is -0.0000000435. The van der Waals surface area contributed by atoms with Gasteiger partial charge in [-0.05, 0) is 76.6 Å². The largest absolute Gasteiger partial charge is 4.00 e. The third kappa shape index (κ3) is 47.9.